The summed E-state index contributed by atoms with van der Waals surface area (Å²) in [6.45, 7) is 1.81. The van der Waals surface area contributed by atoms with Gasteiger partial charge in [-0.15, -0.1) is 0 Å². The van der Waals surface area contributed by atoms with E-state index in [9.17, 15) is 12.8 Å². The van der Waals surface area contributed by atoms with Gasteiger partial charge in [0.1, 0.15) is 5.82 Å². The first-order chi connectivity index (χ1) is 11.7. The molecule has 0 saturated heterocycles. The summed E-state index contributed by atoms with van der Waals surface area (Å²) in [5.41, 5.74) is 0.394. The van der Waals surface area contributed by atoms with E-state index in [2.05, 4.69) is 31.2 Å². The maximum absolute atomic E-state index is 14.2. The van der Waals surface area contributed by atoms with Crippen LogP contribution in [0.1, 0.15) is 6.92 Å². The number of methoxy groups -OCH3 is 1. The van der Waals surface area contributed by atoms with E-state index < -0.39 is 15.8 Å². The smallest absolute Gasteiger partial charge is 0.232 e. The van der Waals surface area contributed by atoms with Crippen LogP contribution in [-0.2, 0) is 10.0 Å². The summed E-state index contributed by atoms with van der Waals surface area (Å²) in [4.78, 5) is 7.81. The summed E-state index contributed by atoms with van der Waals surface area (Å²) in [5, 5.41) is 2.86. The van der Waals surface area contributed by atoms with Crippen molar-refractivity contribution in [1.82, 2.24) is 9.97 Å². The molecule has 0 spiro atoms. The molecule has 0 aliphatic rings. The molecule has 1 N–H and O–H groups in total. The number of anilines is 3. The molecule has 0 aliphatic heterocycles. The molecule has 0 atom stereocenters. The van der Waals surface area contributed by atoms with Gasteiger partial charge < -0.3 is 10.1 Å². The SMILES string of the molecule is CCN(c1cc(OC)c(F)cc1Nc1nc(Cl)ncc1Br)S(C)(=O)=O. The molecule has 0 amide bonds. The predicted octanol–water partition coefficient (Wildman–Crippen LogP) is 3.57. The molecule has 2 rings (SSSR count). The first-order valence-electron chi connectivity index (χ1n) is 6.97. The van der Waals surface area contributed by atoms with E-state index in [-0.39, 0.29) is 34.8 Å². The van der Waals surface area contributed by atoms with Crippen LogP contribution in [0.15, 0.2) is 22.8 Å². The number of rotatable bonds is 6. The molecule has 136 valence electrons. The van der Waals surface area contributed by atoms with Crippen molar-refractivity contribution in [3.8, 4) is 5.75 Å². The number of nitrogens with one attached hydrogen (secondary N) is 1. The molecule has 0 aliphatic carbocycles. The monoisotopic (exact) mass is 452 g/mol. The van der Waals surface area contributed by atoms with Crippen LogP contribution in [0.5, 0.6) is 5.75 Å². The third-order valence-corrected chi connectivity index (χ3v) is 5.21. The summed E-state index contributed by atoms with van der Waals surface area (Å²) < 4.78 is 44.9. The minimum Gasteiger partial charge on any atom is -0.494 e. The highest BCUT2D eigenvalue weighted by Crippen LogP contribution is 2.37. The zero-order valence-electron chi connectivity index (χ0n) is 13.5. The molecule has 0 bridgehead atoms. The van der Waals surface area contributed by atoms with E-state index >= 15 is 0 Å². The Hall–Kier alpha value is -1.65. The highest BCUT2D eigenvalue weighted by molar-refractivity contribution is 9.10. The number of hydrogen-bond donors (Lipinski definition) is 1. The van der Waals surface area contributed by atoms with Crippen LogP contribution in [0.4, 0.5) is 21.6 Å². The lowest BCUT2D eigenvalue weighted by atomic mass is 10.2. The van der Waals surface area contributed by atoms with Crippen LogP contribution >= 0.6 is 27.5 Å². The van der Waals surface area contributed by atoms with Crippen molar-refractivity contribution < 1.29 is 17.5 Å². The van der Waals surface area contributed by atoms with E-state index in [0.717, 1.165) is 16.6 Å². The first-order valence-corrected chi connectivity index (χ1v) is 9.99. The number of halogens is 3. The van der Waals surface area contributed by atoms with Gasteiger partial charge in [0.05, 0.1) is 29.2 Å². The largest absolute Gasteiger partial charge is 0.494 e. The lowest BCUT2D eigenvalue weighted by Gasteiger charge is -2.24. The molecule has 0 radical (unpaired) electrons. The molecular weight excluding hydrogens is 439 g/mol. The number of aromatic nitrogens is 2. The topological polar surface area (TPSA) is 84.4 Å². The Kier molecular flexibility index (Phi) is 6.07. The molecular formula is C14H15BrClFN4O3S. The number of hydrogen-bond acceptors (Lipinski definition) is 6. The van der Waals surface area contributed by atoms with E-state index in [1.807, 2.05) is 0 Å². The molecule has 11 heteroatoms. The van der Waals surface area contributed by atoms with Crippen LogP contribution in [-0.4, -0.2) is 38.3 Å². The highest BCUT2D eigenvalue weighted by atomic mass is 79.9. The second-order valence-corrected chi connectivity index (χ2v) is 7.99. The minimum absolute atomic E-state index is 0.0169. The van der Waals surface area contributed by atoms with Gasteiger partial charge in [0, 0.05) is 24.9 Å². The summed E-state index contributed by atoms with van der Waals surface area (Å²) in [5.74, 6) is -0.479. The van der Waals surface area contributed by atoms with E-state index in [1.165, 1.54) is 19.4 Å². The molecule has 1 aromatic heterocycles. The average molecular weight is 454 g/mol. The van der Waals surface area contributed by atoms with Gasteiger partial charge in [0.15, 0.2) is 11.6 Å². The van der Waals surface area contributed by atoms with Crippen molar-refractivity contribution in [3.63, 3.8) is 0 Å². The van der Waals surface area contributed by atoms with Gasteiger partial charge in [-0.3, -0.25) is 4.31 Å². The van der Waals surface area contributed by atoms with Crippen LogP contribution in [0.25, 0.3) is 0 Å². The van der Waals surface area contributed by atoms with Crippen molar-refractivity contribution in [2.45, 2.75) is 6.92 Å². The highest BCUT2D eigenvalue weighted by Gasteiger charge is 2.22. The number of ether oxygens (including phenoxy) is 1. The molecule has 25 heavy (non-hydrogen) atoms. The molecule has 0 fully saturated rings. The first kappa shape index (κ1) is 19.7. The van der Waals surface area contributed by atoms with Crippen molar-refractivity contribution >= 4 is 54.7 Å². The van der Waals surface area contributed by atoms with Crippen LogP contribution in [0, 0.1) is 5.82 Å². The second-order valence-electron chi connectivity index (χ2n) is 4.89. The van der Waals surface area contributed by atoms with E-state index in [1.54, 1.807) is 6.92 Å². The van der Waals surface area contributed by atoms with Crippen molar-refractivity contribution in [1.29, 1.82) is 0 Å². The van der Waals surface area contributed by atoms with Crippen molar-refractivity contribution in [2.75, 3.05) is 29.5 Å². The molecule has 0 unspecified atom stereocenters. The fourth-order valence-electron chi connectivity index (χ4n) is 2.15. The minimum atomic E-state index is -3.59. The lowest BCUT2D eigenvalue weighted by Crippen LogP contribution is -2.30. The zero-order valence-corrected chi connectivity index (χ0v) is 16.7. The number of benzene rings is 1. The summed E-state index contributed by atoms with van der Waals surface area (Å²) in [6.07, 6.45) is 2.49. The Morgan fingerprint density at radius 1 is 1.44 bits per heavy atom. The van der Waals surface area contributed by atoms with Gasteiger partial charge >= 0.3 is 0 Å². The molecule has 1 heterocycles. The maximum atomic E-state index is 14.2. The number of sulfonamides is 1. The Morgan fingerprint density at radius 2 is 2.12 bits per heavy atom. The van der Waals surface area contributed by atoms with Gasteiger partial charge in [0.2, 0.25) is 15.3 Å². The molecule has 0 saturated carbocycles. The zero-order chi connectivity index (χ0) is 18.8. The maximum Gasteiger partial charge on any atom is 0.232 e. The van der Waals surface area contributed by atoms with E-state index in [4.69, 9.17) is 16.3 Å². The fraction of sp³-hybridized carbons (Fsp3) is 0.286. The Bertz CT molecular complexity index is 898. The Labute approximate surface area is 158 Å². The quantitative estimate of drug-likeness (QED) is 0.673. The van der Waals surface area contributed by atoms with Gasteiger partial charge in [-0.05, 0) is 34.5 Å². The third-order valence-electron chi connectivity index (χ3n) is 3.19. The molecule has 7 nitrogen and oxygen atoms in total. The lowest BCUT2D eigenvalue weighted by molar-refractivity contribution is 0.387. The fourth-order valence-corrected chi connectivity index (χ4v) is 3.55. The molecule has 2 aromatic rings. The normalized spacial score (nSPS) is 11.3. The summed E-state index contributed by atoms with van der Waals surface area (Å²) >= 11 is 9.04. The van der Waals surface area contributed by atoms with Crippen molar-refractivity contribution in [2.24, 2.45) is 0 Å². The van der Waals surface area contributed by atoms with Crippen molar-refractivity contribution in [3.05, 3.63) is 33.9 Å². The Balaban J connectivity index is 2.63. The predicted molar refractivity (Wildman–Crippen MR) is 98.8 cm³/mol. The Morgan fingerprint density at radius 3 is 2.68 bits per heavy atom. The third kappa shape index (κ3) is 4.50. The van der Waals surface area contributed by atoms with Gasteiger partial charge in [0.25, 0.3) is 0 Å². The summed E-state index contributed by atoms with van der Waals surface area (Å²) in [6, 6.07) is 2.43. The van der Waals surface area contributed by atoms with Gasteiger partial charge in [-0.2, -0.15) is 4.98 Å². The molecule has 1 aromatic carbocycles. The van der Waals surface area contributed by atoms with E-state index in [0.29, 0.717) is 4.47 Å². The standard InChI is InChI=1S/C14H15BrClFN4O3S/c1-4-21(25(3,22)23)11-6-12(24-2)9(17)5-10(11)19-13-8(15)7-18-14(16)20-13/h5-7H,4H2,1-3H3,(H,18,19,20). The summed E-state index contributed by atoms with van der Waals surface area (Å²) in [7, 11) is -2.30. The second kappa shape index (κ2) is 7.71. The van der Waals surface area contributed by atoms with Crippen LogP contribution in [0.3, 0.4) is 0 Å². The average Bonchev–Trinajstić information content (AvgIpc) is 2.52. The van der Waals surface area contributed by atoms with Gasteiger partial charge in [-0.25, -0.2) is 17.8 Å². The van der Waals surface area contributed by atoms with Crippen LogP contribution in [0.2, 0.25) is 5.28 Å². The van der Waals surface area contributed by atoms with Gasteiger partial charge in [-0.1, -0.05) is 0 Å². The van der Waals surface area contributed by atoms with Crippen LogP contribution < -0.4 is 14.4 Å². The number of nitrogens with zero attached hydrogens (tertiary/aromatic N) is 3.